The zero-order valence-electron chi connectivity index (χ0n) is 11.3. The Morgan fingerprint density at radius 1 is 1.10 bits per heavy atom. The van der Waals surface area contributed by atoms with Crippen molar-refractivity contribution in [2.45, 2.75) is 6.54 Å². The first-order valence-electron chi connectivity index (χ1n) is 6.38. The fourth-order valence-corrected chi connectivity index (χ4v) is 1.80. The molecule has 0 fully saturated rings. The summed E-state index contributed by atoms with van der Waals surface area (Å²) in [5.74, 6) is -0.368. The molecule has 0 aliphatic carbocycles. The molecule has 20 heavy (non-hydrogen) atoms. The van der Waals surface area contributed by atoms with Crippen LogP contribution in [0.1, 0.15) is 11.1 Å². The molecule has 0 unspecified atom stereocenters. The lowest BCUT2D eigenvalue weighted by Gasteiger charge is -2.14. The zero-order valence-corrected chi connectivity index (χ0v) is 11.3. The van der Waals surface area contributed by atoms with Gasteiger partial charge in [0.1, 0.15) is 5.82 Å². The Kier molecular flexibility index (Phi) is 4.66. The monoisotopic (exact) mass is 269 g/mol. The molecule has 0 aliphatic rings. The number of likely N-dealkylation sites (N-methyl/N-ethyl adjacent to an activating group) is 1. The highest BCUT2D eigenvalue weighted by molar-refractivity contribution is 5.91. The Labute approximate surface area is 118 Å². The highest BCUT2D eigenvalue weighted by atomic mass is 19.1. The third-order valence-corrected chi connectivity index (χ3v) is 2.93. The van der Waals surface area contributed by atoms with Gasteiger partial charge in [0.2, 0.25) is 5.91 Å². The molecule has 0 atom stereocenters. The summed E-state index contributed by atoms with van der Waals surface area (Å²) in [7, 11) is 1.75. The minimum absolute atomic E-state index is 0.0850. The van der Waals surface area contributed by atoms with Crippen molar-refractivity contribution in [3.63, 3.8) is 0 Å². The summed E-state index contributed by atoms with van der Waals surface area (Å²) in [6.45, 7) is 0.563. The van der Waals surface area contributed by atoms with E-state index in [1.54, 1.807) is 30.2 Å². The number of hydrogen-bond donors (Lipinski definition) is 0. The second-order valence-corrected chi connectivity index (χ2v) is 4.56. The first-order chi connectivity index (χ1) is 9.65. The maximum Gasteiger partial charge on any atom is 0.246 e. The Hall–Kier alpha value is -2.42. The molecule has 3 heteroatoms. The number of amides is 1. The van der Waals surface area contributed by atoms with Crippen LogP contribution in [0.5, 0.6) is 0 Å². The summed E-state index contributed by atoms with van der Waals surface area (Å²) in [6.07, 6.45) is 3.18. The standard InChI is InChI=1S/C17H16FNO/c1-19(13-15-5-3-2-4-6-15)17(20)12-9-14-7-10-16(18)11-8-14/h2-12H,13H2,1H3/b12-9+. The third kappa shape index (κ3) is 4.05. The SMILES string of the molecule is CN(Cc1ccccc1)C(=O)/C=C/c1ccc(F)cc1. The van der Waals surface area contributed by atoms with Crippen molar-refractivity contribution < 1.29 is 9.18 Å². The Bertz CT molecular complexity index is 590. The summed E-state index contributed by atoms with van der Waals surface area (Å²) in [5, 5.41) is 0. The average molecular weight is 269 g/mol. The molecule has 0 N–H and O–H groups in total. The van der Waals surface area contributed by atoms with Crippen LogP contribution in [0.2, 0.25) is 0 Å². The van der Waals surface area contributed by atoms with Gasteiger partial charge in [-0.2, -0.15) is 0 Å². The molecule has 2 aromatic rings. The molecule has 1 amide bonds. The van der Waals surface area contributed by atoms with Gasteiger partial charge >= 0.3 is 0 Å². The van der Waals surface area contributed by atoms with Crippen molar-refractivity contribution in [3.05, 3.63) is 77.6 Å². The van der Waals surface area contributed by atoms with Gasteiger partial charge in [0.05, 0.1) is 0 Å². The van der Waals surface area contributed by atoms with Gasteiger partial charge < -0.3 is 4.90 Å². The molecule has 0 bridgehead atoms. The summed E-state index contributed by atoms with van der Waals surface area (Å²) in [5.41, 5.74) is 1.88. The van der Waals surface area contributed by atoms with Crippen molar-refractivity contribution in [1.82, 2.24) is 4.90 Å². The molecule has 0 heterocycles. The van der Waals surface area contributed by atoms with Gasteiger partial charge in [-0.3, -0.25) is 4.79 Å². The van der Waals surface area contributed by atoms with Crippen LogP contribution >= 0.6 is 0 Å². The molecule has 0 saturated heterocycles. The van der Waals surface area contributed by atoms with Gasteiger partial charge in [0, 0.05) is 19.7 Å². The van der Waals surface area contributed by atoms with Gasteiger partial charge in [-0.15, -0.1) is 0 Å². The van der Waals surface area contributed by atoms with E-state index in [9.17, 15) is 9.18 Å². The minimum atomic E-state index is -0.283. The van der Waals surface area contributed by atoms with E-state index in [1.165, 1.54) is 18.2 Å². The highest BCUT2D eigenvalue weighted by Gasteiger charge is 2.05. The van der Waals surface area contributed by atoms with Crippen LogP contribution in [0.4, 0.5) is 4.39 Å². The fourth-order valence-electron chi connectivity index (χ4n) is 1.80. The summed E-state index contributed by atoms with van der Waals surface area (Å²) < 4.78 is 12.8. The van der Waals surface area contributed by atoms with Crippen molar-refractivity contribution in [3.8, 4) is 0 Å². The summed E-state index contributed by atoms with van der Waals surface area (Å²) >= 11 is 0. The number of benzene rings is 2. The molecule has 2 rings (SSSR count). The molecule has 102 valence electrons. The Morgan fingerprint density at radius 2 is 1.75 bits per heavy atom. The van der Waals surface area contributed by atoms with E-state index in [2.05, 4.69) is 0 Å². The minimum Gasteiger partial charge on any atom is -0.338 e. The van der Waals surface area contributed by atoms with E-state index in [1.807, 2.05) is 30.3 Å². The lowest BCUT2D eigenvalue weighted by atomic mass is 10.2. The van der Waals surface area contributed by atoms with E-state index < -0.39 is 0 Å². The average Bonchev–Trinajstić information content (AvgIpc) is 2.47. The first-order valence-corrected chi connectivity index (χ1v) is 6.38. The van der Waals surface area contributed by atoms with Crippen LogP contribution in [0.15, 0.2) is 60.7 Å². The number of carbonyl (C=O) groups excluding carboxylic acids is 1. The highest BCUT2D eigenvalue weighted by Crippen LogP contribution is 2.06. The molecule has 0 radical (unpaired) electrons. The van der Waals surface area contributed by atoms with Gasteiger partial charge in [0.15, 0.2) is 0 Å². The van der Waals surface area contributed by atoms with Gasteiger partial charge in [0.25, 0.3) is 0 Å². The summed E-state index contributed by atoms with van der Waals surface area (Å²) in [6, 6.07) is 15.8. The lowest BCUT2D eigenvalue weighted by Crippen LogP contribution is -2.23. The normalized spacial score (nSPS) is 10.7. The van der Waals surface area contributed by atoms with E-state index in [4.69, 9.17) is 0 Å². The largest absolute Gasteiger partial charge is 0.338 e. The Balaban J connectivity index is 1.95. The third-order valence-electron chi connectivity index (χ3n) is 2.93. The fraction of sp³-hybridized carbons (Fsp3) is 0.118. The quantitative estimate of drug-likeness (QED) is 0.778. The van der Waals surface area contributed by atoms with Crippen molar-refractivity contribution in [2.24, 2.45) is 0 Å². The maximum atomic E-state index is 12.8. The molecule has 0 spiro atoms. The van der Waals surface area contributed by atoms with E-state index in [-0.39, 0.29) is 11.7 Å². The van der Waals surface area contributed by atoms with Gasteiger partial charge in [-0.25, -0.2) is 4.39 Å². The number of halogens is 1. The van der Waals surface area contributed by atoms with E-state index in [0.29, 0.717) is 6.54 Å². The predicted molar refractivity (Wildman–Crippen MR) is 78.4 cm³/mol. The zero-order chi connectivity index (χ0) is 14.4. The van der Waals surface area contributed by atoms with Crippen LogP contribution in [-0.2, 0) is 11.3 Å². The van der Waals surface area contributed by atoms with Crippen LogP contribution in [0.3, 0.4) is 0 Å². The molecule has 0 aliphatic heterocycles. The second kappa shape index (κ2) is 6.66. The predicted octanol–water partition coefficient (Wildman–Crippen LogP) is 3.50. The number of rotatable bonds is 4. The molecule has 2 nitrogen and oxygen atoms in total. The molecular formula is C17H16FNO. The van der Waals surface area contributed by atoms with Crippen LogP contribution in [-0.4, -0.2) is 17.9 Å². The first kappa shape index (κ1) is 14.0. The smallest absolute Gasteiger partial charge is 0.246 e. The number of carbonyl (C=O) groups is 1. The maximum absolute atomic E-state index is 12.8. The molecule has 0 saturated carbocycles. The molecule has 0 aromatic heterocycles. The van der Waals surface area contributed by atoms with Crippen LogP contribution in [0.25, 0.3) is 6.08 Å². The molecule has 2 aromatic carbocycles. The number of nitrogens with zero attached hydrogens (tertiary/aromatic N) is 1. The van der Waals surface area contributed by atoms with Gasteiger partial charge in [-0.05, 0) is 29.3 Å². The number of hydrogen-bond acceptors (Lipinski definition) is 1. The second-order valence-electron chi connectivity index (χ2n) is 4.56. The van der Waals surface area contributed by atoms with Gasteiger partial charge in [-0.1, -0.05) is 42.5 Å². The van der Waals surface area contributed by atoms with E-state index >= 15 is 0 Å². The summed E-state index contributed by atoms with van der Waals surface area (Å²) in [4.78, 5) is 13.6. The topological polar surface area (TPSA) is 20.3 Å². The lowest BCUT2D eigenvalue weighted by molar-refractivity contribution is -0.125. The van der Waals surface area contributed by atoms with Crippen LogP contribution < -0.4 is 0 Å². The van der Waals surface area contributed by atoms with Crippen LogP contribution in [0, 0.1) is 5.82 Å². The molecular weight excluding hydrogens is 253 g/mol. The van der Waals surface area contributed by atoms with Crippen molar-refractivity contribution in [2.75, 3.05) is 7.05 Å². The van der Waals surface area contributed by atoms with Crippen molar-refractivity contribution in [1.29, 1.82) is 0 Å². The Morgan fingerprint density at radius 3 is 2.40 bits per heavy atom. The van der Waals surface area contributed by atoms with Crippen molar-refractivity contribution >= 4 is 12.0 Å². The van der Waals surface area contributed by atoms with E-state index in [0.717, 1.165) is 11.1 Å².